The molecule has 0 unspecified atom stereocenters. The van der Waals surface area contributed by atoms with E-state index in [2.05, 4.69) is 22.9 Å². The number of carbonyl (C=O) groups excluding carboxylic acids is 2. The summed E-state index contributed by atoms with van der Waals surface area (Å²) in [5.74, 6) is -0.580. The second kappa shape index (κ2) is 8.80. The normalized spacial score (nSPS) is 10.4. The van der Waals surface area contributed by atoms with Crippen molar-refractivity contribution in [2.24, 2.45) is 0 Å². The van der Waals surface area contributed by atoms with E-state index in [9.17, 15) is 9.59 Å². The molecule has 0 aliphatic heterocycles. The largest absolute Gasteiger partial charge is 0.273 e. The van der Waals surface area contributed by atoms with Gasteiger partial charge in [-0.1, -0.05) is 37.3 Å². The molecule has 0 aliphatic rings. The lowest BCUT2D eigenvalue weighted by molar-refractivity contribution is -0.121. The van der Waals surface area contributed by atoms with Gasteiger partial charge in [-0.05, 0) is 48.2 Å². The molecule has 3 rings (SSSR count). The topological polar surface area (TPSA) is 76.0 Å². The number of hydrogen-bond donors (Lipinski definition) is 2. The number of nitrogens with zero attached hydrogens (tertiary/aromatic N) is 2. The van der Waals surface area contributed by atoms with Crippen molar-refractivity contribution in [2.45, 2.75) is 26.2 Å². The Hall–Kier alpha value is -3.41. The van der Waals surface area contributed by atoms with Crippen molar-refractivity contribution >= 4 is 11.8 Å². The molecule has 2 N–H and O–H groups in total. The number of carbonyl (C=O) groups is 2. The number of aryl methyl sites for hydroxylation is 2. The van der Waals surface area contributed by atoms with E-state index in [1.807, 2.05) is 48.7 Å². The fraction of sp³-hybridized carbons (Fsp3) is 0.190. The van der Waals surface area contributed by atoms with E-state index in [0.29, 0.717) is 12.0 Å². The van der Waals surface area contributed by atoms with Gasteiger partial charge in [0.1, 0.15) is 0 Å². The summed E-state index contributed by atoms with van der Waals surface area (Å²) in [5.41, 5.74) is 8.49. The first-order chi connectivity index (χ1) is 13.2. The van der Waals surface area contributed by atoms with Gasteiger partial charge in [-0.25, -0.2) is 4.68 Å². The second-order valence-electron chi connectivity index (χ2n) is 6.18. The number of hydrogen-bond acceptors (Lipinski definition) is 3. The van der Waals surface area contributed by atoms with Gasteiger partial charge in [-0.2, -0.15) is 5.10 Å². The molecular weight excluding hydrogens is 340 g/mol. The van der Waals surface area contributed by atoms with Gasteiger partial charge < -0.3 is 0 Å². The Bertz CT molecular complexity index is 901. The third-order valence-corrected chi connectivity index (χ3v) is 4.24. The number of nitrogens with one attached hydrogen (secondary N) is 2. The number of aromatic nitrogens is 2. The first-order valence-electron chi connectivity index (χ1n) is 8.93. The molecular formula is C21H22N4O2. The molecule has 0 radical (unpaired) electrons. The Labute approximate surface area is 158 Å². The van der Waals surface area contributed by atoms with Crippen LogP contribution in [0.2, 0.25) is 0 Å². The van der Waals surface area contributed by atoms with Crippen LogP contribution in [-0.4, -0.2) is 21.6 Å². The third kappa shape index (κ3) is 5.04. The second-order valence-corrected chi connectivity index (χ2v) is 6.18. The molecule has 0 atom stereocenters. The van der Waals surface area contributed by atoms with Gasteiger partial charge in [0.2, 0.25) is 5.91 Å². The summed E-state index contributed by atoms with van der Waals surface area (Å²) < 4.78 is 1.77. The molecule has 3 aromatic rings. The summed E-state index contributed by atoms with van der Waals surface area (Å²) in [6.07, 6.45) is 5.36. The molecule has 2 aromatic carbocycles. The molecule has 0 aliphatic carbocycles. The Morgan fingerprint density at radius 3 is 2.41 bits per heavy atom. The summed E-state index contributed by atoms with van der Waals surface area (Å²) in [6.45, 7) is 2.05. The summed E-state index contributed by atoms with van der Waals surface area (Å²) in [6, 6.07) is 17.1. The van der Waals surface area contributed by atoms with Crippen LogP contribution in [0.1, 0.15) is 34.8 Å². The number of rotatable bonds is 6. The molecule has 6 heteroatoms. The van der Waals surface area contributed by atoms with Crippen LogP contribution in [0, 0.1) is 0 Å². The predicted octanol–water partition coefficient (Wildman–Crippen LogP) is 2.83. The molecule has 0 spiro atoms. The highest BCUT2D eigenvalue weighted by Gasteiger charge is 2.08. The standard InChI is InChI=1S/C21H22N4O2/c1-2-16-8-11-18(12-9-16)21(27)24-23-20(26)13-10-17-14-22-25(15-17)19-6-4-3-5-7-19/h3-9,11-12,14-15H,2,10,13H2,1H3,(H,23,26)(H,24,27). The van der Waals surface area contributed by atoms with Crippen LogP contribution < -0.4 is 10.9 Å². The average molecular weight is 362 g/mol. The minimum atomic E-state index is -0.331. The Balaban J connectivity index is 1.45. The van der Waals surface area contributed by atoms with E-state index in [0.717, 1.165) is 23.2 Å². The van der Waals surface area contributed by atoms with Gasteiger partial charge in [0.25, 0.3) is 5.91 Å². The number of benzene rings is 2. The van der Waals surface area contributed by atoms with E-state index in [1.54, 1.807) is 23.0 Å². The number of amides is 2. The van der Waals surface area contributed by atoms with Gasteiger partial charge in [0.15, 0.2) is 0 Å². The zero-order chi connectivity index (χ0) is 19.1. The lowest BCUT2D eigenvalue weighted by Crippen LogP contribution is -2.41. The number of hydrazine groups is 1. The van der Waals surface area contributed by atoms with Crippen LogP contribution in [0.4, 0.5) is 0 Å². The molecule has 1 aromatic heterocycles. The van der Waals surface area contributed by atoms with Crippen LogP contribution in [0.5, 0.6) is 0 Å². The summed E-state index contributed by atoms with van der Waals surface area (Å²) in [5, 5.41) is 4.31. The molecule has 2 amide bonds. The molecule has 6 nitrogen and oxygen atoms in total. The van der Waals surface area contributed by atoms with Crippen LogP contribution in [0.25, 0.3) is 5.69 Å². The van der Waals surface area contributed by atoms with Crippen LogP contribution in [0.15, 0.2) is 67.0 Å². The maximum atomic E-state index is 12.0. The van der Waals surface area contributed by atoms with Gasteiger partial charge >= 0.3 is 0 Å². The Kier molecular flexibility index (Phi) is 5.99. The molecule has 27 heavy (non-hydrogen) atoms. The third-order valence-electron chi connectivity index (χ3n) is 4.24. The van der Waals surface area contributed by atoms with E-state index >= 15 is 0 Å². The van der Waals surface area contributed by atoms with Gasteiger partial charge in [0, 0.05) is 18.2 Å². The van der Waals surface area contributed by atoms with Crippen molar-refractivity contribution in [1.82, 2.24) is 20.6 Å². The van der Waals surface area contributed by atoms with Gasteiger partial charge in [0.05, 0.1) is 11.9 Å². The van der Waals surface area contributed by atoms with E-state index in [4.69, 9.17) is 0 Å². The monoisotopic (exact) mass is 362 g/mol. The van der Waals surface area contributed by atoms with Crippen molar-refractivity contribution in [3.8, 4) is 5.69 Å². The van der Waals surface area contributed by atoms with Gasteiger partial charge in [-0.3, -0.25) is 20.4 Å². The van der Waals surface area contributed by atoms with E-state index in [1.165, 1.54) is 0 Å². The smallest absolute Gasteiger partial charge is 0.269 e. The zero-order valence-electron chi connectivity index (χ0n) is 15.2. The maximum absolute atomic E-state index is 12.0. The van der Waals surface area contributed by atoms with Crippen LogP contribution >= 0.6 is 0 Å². The highest BCUT2D eigenvalue weighted by molar-refractivity contribution is 5.95. The van der Waals surface area contributed by atoms with Crippen molar-refractivity contribution in [3.63, 3.8) is 0 Å². The van der Waals surface area contributed by atoms with Crippen molar-refractivity contribution in [2.75, 3.05) is 0 Å². The lowest BCUT2D eigenvalue weighted by atomic mass is 10.1. The first kappa shape index (κ1) is 18.4. The van der Waals surface area contributed by atoms with E-state index in [-0.39, 0.29) is 18.2 Å². The Morgan fingerprint density at radius 2 is 1.70 bits per heavy atom. The molecule has 0 saturated carbocycles. The zero-order valence-corrected chi connectivity index (χ0v) is 15.2. The molecule has 0 fully saturated rings. The average Bonchev–Trinajstić information content (AvgIpc) is 3.20. The number of para-hydroxylation sites is 1. The van der Waals surface area contributed by atoms with Crippen molar-refractivity contribution in [1.29, 1.82) is 0 Å². The molecule has 0 bridgehead atoms. The van der Waals surface area contributed by atoms with Crippen LogP contribution in [0.3, 0.4) is 0 Å². The van der Waals surface area contributed by atoms with Gasteiger partial charge in [-0.15, -0.1) is 0 Å². The minimum Gasteiger partial charge on any atom is -0.273 e. The lowest BCUT2D eigenvalue weighted by Gasteiger charge is -2.07. The summed E-state index contributed by atoms with van der Waals surface area (Å²) in [4.78, 5) is 24.0. The fourth-order valence-electron chi connectivity index (χ4n) is 2.62. The van der Waals surface area contributed by atoms with Crippen molar-refractivity contribution < 1.29 is 9.59 Å². The summed E-state index contributed by atoms with van der Waals surface area (Å²) in [7, 11) is 0. The summed E-state index contributed by atoms with van der Waals surface area (Å²) >= 11 is 0. The molecule has 0 saturated heterocycles. The SMILES string of the molecule is CCc1ccc(C(=O)NNC(=O)CCc2cnn(-c3ccccc3)c2)cc1. The highest BCUT2D eigenvalue weighted by atomic mass is 16.2. The fourth-order valence-corrected chi connectivity index (χ4v) is 2.62. The molecule has 138 valence electrons. The first-order valence-corrected chi connectivity index (χ1v) is 8.93. The van der Waals surface area contributed by atoms with E-state index < -0.39 is 0 Å². The Morgan fingerprint density at radius 1 is 0.963 bits per heavy atom. The van der Waals surface area contributed by atoms with Crippen molar-refractivity contribution in [3.05, 3.63) is 83.7 Å². The minimum absolute atomic E-state index is 0.249. The maximum Gasteiger partial charge on any atom is 0.269 e. The van der Waals surface area contributed by atoms with Crippen LogP contribution in [-0.2, 0) is 17.6 Å². The predicted molar refractivity (Wildman–Crippen MR) is 103 cm³/mol. The quantitative estimate of drug-likeness (QED) is 0.662. The highest BCUT2D eigenvalue weighted by Crippen LogP contribution is 2.09. The molecule has 1 heterocycles.